The molecule has 1 aromatic heterocycles. The molecule has 1 aliphatic heterocycles. The van der Waals surface area contributed by atoms with E-state index in [9.17, 15) is 14.4 Å². The fourth-order valence-corrected chi connectivity index (χ4v) is 4.43. The van der Waals surface area contributed by atoms with Crippen LogP contribution in [-0.2, 0) is 6.54 Å². The molecule has 0 unspecified atom stereocenters. The smallest absolute Gasteiger partial charge is 0.259 e. The Morgan fingerprint density at radius 2 is 1.61 bits per heavy atom. The highest BCUT2D eigenvalue weighted by Gasteiger charge is 2.28. The molecule has 0 atom stereocenters. The highest BCUT2D eigenvalue weighted by molar-refractivity contribution is 5.99. The zero-order valence-corrected chi connectivity index (χ0v) is 19.5. The lowest BCUT2D eigenvalue weighted by atomic mass is 10.1. The van der Waals surface area contributed by atoms with Crippen molar-refractivity contribution in [1.29, 1.82) is 0 Å². The number of piperazine rings is 1. The normalized spacial score (nSPS) is 18.2. The second kappa shape index (κ2) is 10.4. The summed E-state index contributed by atoms with van der Waals surface area (Å²) < 4.78 is 1.85. The maximum absolute atomic E-state index is 13.3. The maximum Gasteiger partial charge on any atom is 0.259 e. The first-order valence-corrected chi connectivity index (χ1v) is 11.8. The van der Waals surface area contributed by atoms with E-state index < -0.39 is 5.43 Å². The molecule has 2 fully saturated rings. The van der Waals surface area contributed by atoms with Crippen LogP contribution in [0.4, 0.5) is 0 Å². The Balaban J connectivity index is 1.85. The number of nitrogens with one attached hydrogen (secondary N) is 1. The van der Waals surface area contributed by atoms with Gasteiger partial charge in [0.2, 0.25) is 5.43 Å². The molecule has 2 amide bonds. The second-order valence-corrected chi connectivity index (χ2v) is 9.71. The Morgan fingerprint density at radius 1 is 1.00 bits per heavy atom. The molecular formula is C24H38N4O3. The molecular weight excluding hydrogens is 392 g/mol. The van der Waals surface area contributed by atoms with Gasteiger partial charge >= 0.3 is 0 Å². The van der Waals surface area contributed by atoms with E-state index >= 15 is 0 Å². The third-order valence-electron chi connectivity index (χ3n) is 6.54. The number of hydrogen-bond donors (Lipinski definition) is 1. The van der Waals surface area contributed by atoms with Crippen LogP contribution >= 0.6 is 0 Å². The van der Waals surface area contributed by atoms with Gasteiger partial charge in [-0.15, -0.1) is 0 Å². The molecule has 31 heavy (non-hydrogen) atoms. The van der Waals surface area contributed by atoms with Gasteiger partial charge < -0.3 is 14.8 Å². The van der Waals surface area contributed by atoms with E-state index in [2.05, 4.69) is 37.9 Å². The highest BCUT2D eigenvalue weighted by atomic mass is 16.2. The van der Waals surface area contributed by atoms with Crippen molar-refractivity contribution >= 4 is 11.8 Å². The summed E-state index contributed by atoms with van der Waals surface area (Å²) in [7, 11) is 0. The van der Waals surface area contributed by atoms with E-state index in [1.807, 2.05) is 4.57 Å². The SMILES string of the molecule is CC(C)CCn1cc(C(=O)NC2CCCC2)c(=O)c(C(=O)N2CCN(C(C)C)CC2)c1. The Hall–Kier alpha value is -2.15. The molecule has 1 saturated carbocycles. The average Bonchev–Trinajstić information content (AvgIpc) is 3.25. The summed E-state index contributed by atoms with van der Waals surface area (Å²) in [6.45, 7) is 12.0. The average molecular weight is 431 g/mol. The summed E-state index contributed by atoms with van der Waals surface area (Å²) in [4.78, 5) is 43.5. The van der Waals surface area contributed by atoms with Crippen LogP contribution in [-0.4, -0.2) is 64.4 Å². The van der Waals surface area contributed by atoms with E-state index in [1.54, 1.807) is 17.3 Å². The molecule has 1 saturated heterocycles. The Bertz CT molecular complexity index is 832. The minimum absolute atomic E-state index is 0.0855. The molecule has 0 radical (unpaired) electrons. The minimum atomic E-state index is -0.451. The maximum atomic E-state index is 13.3. The zero-order chi connectivity index (χ0) is 22.5. The number of hydrogen-bond acceptors (Lipinski definition) is 4. The zero-order valence-electron chi connectivity index (χ0n) is 19.5. The summed E-state index contributed by atoms with van der Waals surface area (Å²) in [6.07, 6.45) is 8.29. The van der Waals surface area contributed by atoms with Crippen molar-refractivity contribution in [2.24, 2.45) is 5.92 Å². The third kappa shape index (κ3) is 5.97. The quantitative estimate of drug-likeness (QED) is 0.722. The molecule has 0 aromatic carbocycles. The predicted molar refractivity (Wildman–Crippen MR) is 122 cm³/mol. The number of nitrogens with zero attached hydrogens (tertiary/aromatic N) is 3. The van der Waals surface area contributed by atoms with Crippen molar-refractivity contribution in [2.45, 2.75) is 78.4 Å². The molecule has 0 spiro atoms. The van der Waals surface area contributed by atoms with Crippen LogP contribution < -0.4 is 10.7 Å². The van der Waals surface area contributed by atoms with Crippen molar-refractivity contribution in [3.8, 4) is 0 Å². The summed E-state index contributed by atoms with van der Waals surface area (Å²) in [6, 6.07) is 0.563. The second-order valence-electron chi connectivity index (χ2n) is 9.71. The summed E-state index contributed by atoms with van der Waals surface area (Å²) in [5.41, 5.74) is -0.254. The predicted octanol–water partition coefficient (Wildman–Crippen LogP) is 2.73. The fourth-order valence-electron chi connectivity index (χ4n) is 4.43. The molecule has 1 N–H and O–H groups in total. The number of pyridine rings is 1. The van der Waals surface area contributed by atoms with Crippen LogP contribution in [0.5, 0.6) is 0 Å². The molecule has 7 nitrogen and oxygen atoms in total. The van der Waals surface area contributed by atoms with Crippen LogP contribution in [0.15, 0.2) is 17.2 Å². The van der Waals surface area contributed by atoms with Crippen molar-refractivity contribution < 1.29 is 9.59 Å². The number of aryl methyl sites for hydroxylation is 1. The molecule has 7 heteroatoms. The Kier molecular flexibility index (Phi) is 7.92. The van der Waals surface area contributed by atoms with Gasteiger partial charge in [0.05, 0.1) is 0 Å². The fraction of sp³-hybridized carbons (Fsp3) is 0.708. The van der Waals surface area contributed by atoms with E-state index in [1.165, 1.54) is 0 Å². The van der Waals surface area contributed by atoms with Crippen LogP contribution in [0.25, 0.3) is 0 Å². The monoisotopic (exact) mass is 430 g/mol. The molecule has 2 aliphatic rings. The number of carbonyl (C=O) groups is 2. The standard InChI is InChI=1S/C24H38N4O3/c1-17(2)9-10-26-15-20(23(30)25-19-7-5-6-8-19)22(29)21(16-26)24(31)28-13-11-27(12-14-28)18(3)4/h15-19H,5-14H2,1-4H3,(H,25,30). The lowest BCUT2D eigenvalue weighted by Gasteiger charge is -2.36. The third-order valence-corrected chi connectivity index (χ3v) is 6.54. The van der Waals surface area contributed by atoms with Gasteiger partial charge in [0.15, 0.2) is 0 Å². The van der Waals surface area contributed by atoms with Crippen molar-refractivity contribution in [1.82, 2.24) is 19.7 Å². The first-order valence-electron chi connectivity index (χ1n) is 11.8. The van der Waals surface area contributed by atoms with Gasteiger partial charge in [0, 0.05) is 57.2 Å². The number of carbonyl (C=O) groups excluding carboxylic acids is 2. The minimum Gasteiger partial charge on any atom is -0.352 e. The van der Waals surface area contributed by atoms with Gasteiger partial charge in [-0.05, 0) is 39.0 Å². The van der Waals surface area contributed by atoms with E-state index in [4.69, 9.17) is 0 Å². The lowest BCUT2D eigenvalue weighted by molar-refractivity contribution is 0.0593. The van der Waals surface area contributed by atoms with Gasteiger partial charge in [0.1, 0.15) is 11.1 Å². The van der Waals surface area contributed by atoms with Gasteiger partial charge in [-0.3, -0.25) is 19.3 Å². The molecule has 1 aliphatic carbocycles. The van der Waals surface area contributed by atoms with Gasteiger partial charge in [-0.25, -0.2) is 0 Å². The van der Waals surface area contributed by atoms with E-state index in [-0.39, 0.29) is 29.0 Å². The molecule has 172 valence electrons. The number of amides is 2. The number of aromatic nitrogens is 1. The highest BCUT2D eigenvalue weighted by Crippen LogP contribution is 2.18. The van der Waals surface area contributed by atoms with Gasteiger partial charge in [0.25, 0.3) is 11.8 Å². The van der Waals surface area contributed by atoms with Crippen LogP contribution in [0, 0.1) is 5.92 Å². The summed E-state index contributed by atoms with van der Waals surface area (Å²) in [5, 5.41) is 3.01. The van der Waals surface area contributed by atoms with Crippen molar-refractivity contribution in [3.05, 3.63) is 33.7 Å². The van der Waals surface area contributed by atoms with E-state index in [0.29, 0.717) is 31.6 Å². The topological polar surface area (TPSA) is 74.6 Å². The molecule has 0 bridgehead atoms. The van der Waals surface area contributed by atoms with E-state index in [0.717, 1.165) is 45.2 Å². The van der Waals surface area contributed by atoms with Crippen molar-refractivity contribution in [3.63, 3.8) is 0 Å². The van der Waals surface area contributed by atoms with Gasteiger partial charge in [-0.2, -0.15) is 0 Å². The van der Waals surface area contributed by atoms with Gasteiger partial charge in [-0.1, -0.05) is 26.7 Å². The van der Waals surface area contributed by atoms with Crippen LogP contribution in [0.1, 0.15) is 80.5 Å². The summed E-state index contributed by atoms with van der Waals surface area (Å²) in [5.74, 6) is -0.129. The Morgan fingerprint density at radius 3 is 2.19 bits per heavy atom. The number of rotatable bonds is 7. The summed E-state index contributed by atoms with van der Waals surface area (Å²) >= 11 is 0. The largest absolute Gasteiger partial charge is 0.352 e. The van der Waals surface area contributed by atoms with Crippen LogP contribution in [0.3, 0.4) is 0 Å². The molecule has 3 rings (SSSR count). The lowest BCUT2D eigenvalue weighted by Crippen LogP contribution is -2.51. The van der Waals surface area contributed by atoms with Crippen LogP contribution in [0.2, 0.25) is 0 Å². The first kappa shape index (κ1) is 23.5. The molecule has 1 aromatic rings. The molecule has 2 heterocycles. The Labute approximate surface area is 185 Å². The first-order chi connectivity index (χ1) is 14.8. The van der Waals surface area contributed by atoms with Crippen molar-refractivity contribution in [2.75, 3.05) is 26.2 Å².